The number of amides is 3. The van der Waals surface area contributed by atoms with Crippen LogP contribution in [0.5, 0.6) is 0 Å². The first-order valence-corrected chi connectivity index (χ1v) is 9.76. The third-order valence-electron chi connectivity index (χ3n) is 5.13. The summed E-state index contributed by atoms with van der Waals surface area (Å²) in [6.07, 6.45) is 5.39. The highest BCUT2D eigenvalue weighted by atomic mass is 16.4. The molecule has 0 radical (unpaired) electrons. The van der Waals surface area contributed by atoms with Crippen molar-refractivity contribution in [2.75, 3.05) is 23.3 Å². The summed E-state index contributed by atoms with van der Waals surface area (Å²) in [5, 5.41) is 16.0. The number of hydrogen-bond acceptors (Lipinski definition) is 6. The smallest absolute Gasteiger partial charge is 0.313 e. The van der Waals surface area contributed by atoms with Gasteiger partial charge in [0.05, 0.1) is 25.3 Å². The molecular weight excluding hydrogens is 402 g/mol. The van der Waals surface area contributed by atoms with Gasteiger partial charge in [-0.2, -0.15) is 0 Å². The van der Waals surface area contributed by atoms with Crippen LogP contribution in [0, 0.1) is 0 Å². The number of anilines is 2. The van der Waals surface area contributed by atoms with E-state index in [-0.39, 0.29) is 18.2 Å². The van der Waals surface area contributed by atoms with E-state index in [1.807, 2.05) is 0 Å². The highest BCUT2D eigenvalue weighted by Crippen LogP contribution is 2.30. The molecule has 1 aliphatic rings. The topological polar surface area (TPSA) is 125 Å². The second kappa shape index (κ2) is 8.49. The van der Waals surface area contributed by atoms with E-state index in [4.69, 9.17) is 8.83 Å². The van der Waals surface area contributed by atoms with Crippen LogP contribution in [0.3, 0.4) is 0 Å². The van der Waals surface area contributed by atoms with Crippen molar-refractivity contribution in [3.8, 4) is 0 Å². The number of nitrogens with zero attached hydrogens (tertiary/aromatic N) is 1. The number of carbonyl (C=O) groups excluding carboxylic acids is 3. The first-order chi connectivity index (χ1) is 15.0. The fraction of sp³-hybridized carbons (Fsp3) is 0.227. The lowest BCUT2D eigenvalue weighted by Crippen LogP contribution is -2.45. The minimum atomic E-state index is -1.71. The predicted octanol–water partition coefficient (Wildman–Crippen LogP) is 1.99. The normalized spacial score (nSPS) is 15.5. The van der Waals surface area contributed by atoms with Crippen LogP contribution in [-0.4, -0.2) is 35.9 Å². The van der Waals surface area contributed by atoms with Gasteiger partial charge < -0.3 is 29.5 Å². The van der Waals surface area contributed by atoms with Gasteiger partial charge in [0, 0.05) is 29.9 Å². The third kappa shape index (κ3) is 4.22. The Labute approximate surface area is 177 Å². The minimum absolute atomic E-state index is 0.0256. The Morgan fingerprint density at radius 1 is 1.13 bits per heavy atom. The highest BCUT2D eigenvalue weighted by molar-refractivity contribution is 6.39. The molecule has 0 saturated carbocycles. The van der Waals surface area contributed by atoms with Crippen molar-refractivity contribution in [1.82, 2.24) is 5.32 Å². The summed E-state index contributed by atoms with van der Waals surface area (Å²) in [4.78, 5) is 38.3. The van der Waals surface area contributed by atoms with Crippen molar-refractivity contribution in [3.05, 3.63) is 72.6 Å². The van der Waals surface area contributed by atoms with Gasteiger partial charge in [0.25, 0.3) is 0 Å². The lowest BCUT2D eigenvalue weighted by molar-refractivity contribution is -0.136. The second-order valence-corrected chi connectivity index (χ2v) is 7.19. The van der Waals surface area contributed by atoms with Crippen LogP contribution < -0.4 is 15.5 Å². The van der Waals surface area contributed by atoms with Crippen molar-refractivity contribution >= 4 is 29.1 Å². The molecule has 0 spiro atoms. The molecule has 1 aliphatic heterocycles. The molecule has 3 amide bonds. The zero-order valence-corrected chi connectivity index (χ0v) is 16.5. The average Bonchev–Trinajstić information content (AvgIpc) is 3.54. The summed E-state index contributed by atoms with van der Waals surface area (Å²) >= 11 is 0. The van der Waals surface area contributed by atoms with E-state index >= 15 is 0 Å². The van der Waals surface area contributed by atoms with Crippen LogP contribution in [0.15, 0.2) is 70.1 Å². The maximum Gasteiger partial charge on any atom is 0.313 e. The van der Waals surface area contributed by atoms with E-state index in [1.165, 1.54) is 18.8 Å². The molecule has 0 unspecified atom stereocenters. The Balaban J connectivity index is 1.42. The lowest BCUT2D eigenvalue weighted by Gasteiger charge is -2.25. The summed E-state index contributed by atoms with van der Waals surface area (Å²) < 4.78 is 10.3. The SMILES string of the molecule is O=C(NC[C@](O)(c1ccoc1)c1ccco1)C(=O)Nc1cccc(N2CCCC2=O)c1. The average molecular weight is 423 g/mol. The number of carbonyl (C=O) groups is 3. The minimum Gasteiger partial charge on any atom is -0.472 e. The van der Waals surface area contributed by atoms with Crippen molar-refractivity contribution < 1.29 is 28.3 Å². The Bertz CT molecular complexity index is 1040. The van der Waals surface area contributed by atoms with Gasteiger partial charge in [-0.15, -0.1) is 0 Å². The summed E-state index contributed by atoms with van der Waals surface area (Å²) in [6, 6.07) is 11.4. The highest BCUT2D eigenvalue weighted by Gasteiger charge is 2.36. The lowest BCUT2D eigenvalue weighted by atomic mass is 9.93. The van der Waals surface area contributed by atoms with E-state index in [9.17, 15) is 19.5 Å². The largest absolute Gasteiger partial charge is 0.472 e. The van der Waals surface area contributed by atoms with E-state index in [0.29, 0.717) is 29.9 Å². The molecule has 1 saturated heterocycles. The van der Waals surface area contributed by atoms with Crippen molar-refractivity contribution in [2.24, 2.45) is 0 Å². The zero-order chi connectivity index (χ0) is 21.8. The molecule has 3 N–H and O–H groups in total. The van der Waals surface area contributed by atoms with Gasteiger partial charge in [0.15, 0.2) is 5.60 Å². The molecule has 9 heteroatoms. The number of furan rings is 2. The number of benzene rings is 1. The van der Waals surface area contributed by atoms with Crippen molar-refractivity contribution in [2.45, 2.75) is 18.4 Å². The van der Waals surface area contributed by atoms with Crippen molar-refractivity contribution in [1.29, 1.82) is 0 Å². The molecular formula is C22H21N3O6. The second-order valence-electron chi connectivity index (χ2n) is 7.19. The standard InChI is InChI=1S/C22H21N3O6/c26-19-7-2-9-25(19)17-5-1-4-16(12-17)24-21(28)20(27)23-14-22(29,15-8-11-30-13-15)18-6-3-10-31-18/h1,3-6,8,10-13,29H,2,7,9,14H2,(H,23,27)(H,24,28)/t22-/m0/s1. The quantitative estimate of drug-likeness (QED) is 0.521. The third-order valence-corrected chi connectivity index (χ3v) is 5.13. The molecule has 0 bridgehead atoms. The van der Waals surface area contributed by atoms with Gasteiger partial charge in [0.1, 0.15) is 5.76 Å². The molecule has 2 aromatic heterocycles. The number of aliphatic hydroxyl groups is 1. The molecule has 4 rings (SSSR count). The summed E-state index contributed by atoms with van der Waals surface area (Å²) in [6.45, 7) is 0.310. The molecule has 31 heavy (non-hydrogen) atoms. The Kier molecular flexibility index (Phi) is 5.59. The first-order valence-electron chi connectivity index (χ1n) is 9.76. The van der Waals surface area contributed by atoms with Crippen LogP contribution in [0.1, 0.15) is 24.2 Å². The predicted molar refractivity (Wildman–Crippen MR) is 110 cm³/mol. The van der Waals surface area contributed by atoms with Gasteiger partial charge in [0.2, 0.25) is 5.91 Å². The van der Waals surface area contributed by atoms with Crippen LogP contribution in [0.25, 0.3) is 0 Å². The molecule has 160 valence electrons. The van der Waals surface area contributed by atoms with Gasteiger partial charge in [-0.1, -0.05) is 6.07 Å². The molecule has 0 aliphatic carbocycles. The van der Waals surface area contributed by atoms with Crippen molar-refractivity contribution in [3.63, 3.8) is 0 Å². The van der Waals surface area contributed by atoms with Gasteiger partial charge >= 0.3 is 11.8 Å². The van der Waals surface area contributed by atoms with Crippen LogP contribution in [-0.2, 0) is 20.0 Å². The first kappa shape index (κ1) is 20.4. The fourth-order valence-corrected chi connectivity index (χ4v) is 3.49. The summed E-state index contributed by atoms with van der Waals surface area (Å²) in [7, 11) is 0. The van der Waals surface area contributed by atoms with Gasteiger partial charge in [-0.05, 0) is 42.8 Å². The van der Waals surface area contributed by atoms with Gasteiger partial charge in [-0.25, -0.2) is 0 Å². The number of rotatable bonds is 6. The fourth-order valence-electron chi connectivity index (χ4n) is 3.49. The van der Waals surface area contributed by atoms with E-state index < -0.39 is 17.4 Å². The summed E-state index contributed by atoms with van der Waals surface area (Å²) in [5.41, 5.74) is -0.296. The van der Waals surface area contributed by atoms with Crippen LogP contribution in [0.4, 0.5) is 11.4 Å². The van der Waals surface area contributed by atoms with Gasteiger partial charge in [-0.3, -0.25) is 14.4 Å². The molecule has 1 atom stereocenters. The number of nitrogens with one attached hydrogen (secondary N) is 2. The molecule has 3 aromatic rings. The maximum absolute atomic E-state index is 12.4. The Morgan fingerprint density at radius 2 is 2.00 bits per heavy atom. The molecule has 9 nitrogen and oxygen atoms in total. The van der Waals surface area contributed by atoms with E-state index in [1.54, 1.807) is 47.4 Å². The molecule has 1 fully saturated rings. The monoisotopic (exact) mass is 423 g/mol. The van der Waals surface area contributed by atoms with E-state index in [2.05, 4.69) is 10.6 Å². The zero-order valence-electron chi connectivity index (χ0n) is 16.5. The number of hydrogen-bond donors (Lipinski definition) is 3. The van der Waals surface area contributed by atoms with Crippen LogP contribution in [0.2, 0.25) is 0 Å². The Hall–Kier alpha value is -3.85. The maximum atomic E-state index is 12.4. The Morgan fingerprint density at radius 3 is 2.68 bits per heavy atom. The molecule has 1 aromatic carbocycles. The van der Waals surface area contributed by atoms with Crippen LogP contribution >= 0.6 is 0 Å². The molecule has 3 heterocycles. The summed E-state index contributed by atoms with van der Waals surface area (Å²) in [5.74, 6) is -1.62. The van der Waals surface area contributed by atoms with E-state index in [0.717, 1.165) is 6.42 Å².